The Bertz CT molecular complexity index is 1160. The summed E-state index contributed by atoms with van der Waals surface area (Å²) in [6.45, 7) is 0.606. The third-order valence-electron chi connectivity index (χ3n) is 5.91. The third-order valence-corrected chi connectivity index (χ3v) is 5.91. The van der Waals surface area contributed by atoms with Gasteiger partial charge in [0.25, 0.3) is 0 Å². The molecule has 3 aromatic rings. The molecule has 1 aromatic heterocycles. The maximum Gasteiger partial charge on any atom is 0.246 e. The summed E-state index contributed by atoms with van der Waals surface area (Å²) >= 11 is 0. The van der Waals surface area contributed by atoms with E-state index in [0.717, 1.165) is 24.8 Å². The number of carbonyl (C=O) groups is 1. The van der Waals surface area contributed by atoms with Crippen molar-refractivity contribution in [1.29, 1.82) is 0 Å². The van der Waals surface area contributed by atoms with Crippen molar-refractivity contribution in [3.63, 3.8) is 0 Å². The van der Waals surface area contributed by atoms with Crippen LogP contribution >= 0.6 is 0 Å². The maximum absolute atomic E-state index is 14.4. The van der Waals surface area contributed by atoms with Gasteiger partial charge in [0.1, 0.15) is 11.6 Å². The lowest BCUT2D eigenvalue weighted by Gasteiger charge is -2.16. The summed E-state index contributed by atoms with van der Waals surface area (Å²) in [5.74, 6) is -0.373. The molecule has 1 aliphatic heterocycles. The first-order valence-corrected chi connectivity index (χ1v) is 11.5. The summed E-state index contributed by atoms with van der Waals surface area (Å²) in [7, 11) is 1.75. The number of nitrogens with one attached hydrogen (secondary N) is 2. The molecule has 2 N–H and O–H groups in total. The zero-order chi connectivity index (χ0) is 24.6. The van der Waals surface area contributed by atoms with Crippen molar-refractivity contribution < 1.29 is 18.3 Å². The molecule has 1 amide bonds. The van der Waals surface area contributed by atoms with Crippen LogP contribution in [0.2, 0.25) is 0 Å². The summed E-state index contributed by atoms with van der Waals surface area (Å²) in [5.41, 5.74) is 8.15. The van der Waals surface area contributed by atoms with E-state index >= 15 is 0 Å². The van der Waals surface area contributed by atoms with Crippen molar-refractivity contribution in [2.24, 2.45) is 0 Å². The molecule has 1 aliphatic rings. The zero-order valence-electron chi connectivity index (χ0n) is 19.5. The van der Waals surface area contributed by atoms with E-state index in [2.05, 4.69) is 15.8 Å². The Morgan fingerprint density at radius 2 is 2.00 bits per heavy atom. The summed E-state index contributed by atoms with van der Waals surface area (Å²) in [4.78, 5) is 18.0. The van der Waals surface area contributed by atoms with Gasteiger partial charge in [-0.15, -0.1) is 0 Å². The molecule has 1 saturated heterocycles. The highest BCUT2D eigenvalue weighted by atomic mass is 19.1. The van der Waals surface area contributed by atoms with Crippen molar-refractivity contribution in [3.05, 3.63) is 95.8 Å². The largest absolute Gasteiger partial charge is 0.453 e. The van der Waals surface area contributed by atoms with E-state index in [9.17, 15) is 13.6 Å². The number of amides is 1. The first kappa shape index (κ1) is 24.5. The van der Waals surface area contributed by atoms with Crippen LogP contribution in [-0.4, -0.2) is 35.4 Å². The molecule has 0 bridgehead atoms. The minimum Gasteiger partial charge on any atom is -0.453 e. The Kier molecular flexibility index (Phi) is 8.18. The number of nitrogens with zero attached hydrogens (tertiary/aromatic N) is 2. The first-order valence-electron chi connectivity index (χ1n) is 11.5. The monoisotopic (exact) mass is 478 g/mol. The highest BCUT2D eigenvalue weighted by molar-refractivity contribution is 5.91. The molecule has 35 heavy (non-hydrogen) atoms. The third kappa shape index (κ3) is 6.94. The van der Waals surface area contributed by atoms with Gasteiger partial charge < -0.3 is 9.64 Å². The van der Waals surface area contributed by atoms with E-state index in [1.807, 2.05) is 0 Å². The van der Waals surface area contributed by atoms with Gasteiger partial charge in [0.2, 0.25) is 5.91 Å². The minimum atomic E-state index is -0.520. The van der Waals surface area contributed by atoms with Crippen LogP contribution in [0.15, 0.2) is 73.1 Å². The number of hydrogen-bond donors (Lipinski definition) is 2. The van der Waals surface area contributed by atoms with E-state index in [-0.39, 0.29) is 29.6 Å². The van der Waals surface area contributed by atoms with Gasteiger partial charge in [-0.25, -0.2) is 8.78 Å². The topological polar surface area (TPSA) is 66.5 Å². The number of hydrazine groups is 1. The van der Waals surface area contributed by atoms with Gasteiger partial charge in [0.05, 0.1) is 6.20 Å². The van der Waals surface area contributed by atoms with Crippen LogP contribution in [-0.2, 0) is 4.79 Å². The van der Waals surface area contributed by atoms with Gasteiger partial charge in [-0.3, -0.25) is 20.6 Å². The summed E-state index contributed by atoms with van der Waals surface area (Å²) in [5, 5.41) is 0. The second kappa shape index (κ2) is 11.7. The average molecular weight is 479 g/mol. The molecule has 2 unspecified atom stereocenters. The number of carbonyl (C=O) groups excluding carboxylic acids is 1. The fourth-order valence-electron chi connectivity index (χ4n) is 3.94. The van der Waals surface area contributed by atoms with Crippen molar-refractivity contribution in [1.82, 2.24) is 20.7 Å². The van der Waals surface area contributed by atoms with Crippen LogP contribution in [0.1, 0.15) is 36.4 Å². The Morgan fingerprint density at radius 3 is 2.74 bits per heavy atom. The van der Waals surface area contributed by atoms with Crippen LogP contribution in [0, 0.1) is 11.6 Å². The minimum absolute atomic E-state index is 0.0928. The highest BCUT2D eigenvalue weighted by Gasteiger charge is 2.24. The van der Waals surface area contributed by atoms with Crippen molar-refractivity contribution in [2.75, 3.05) is 13.6 Å². The number of ether oxygens (including phenoxy) is 1. The predicted molar refractivity (Wildman–Crippen MR) is 130 cm³/mol. The standard InChI is InChI=1S/C27H28F2N4O2/c1-33(15-3-4-22-17-25(32-31-22)20-8-10-21(28)11-9-20)27(34)13-7-19-6-12-26(24(29)16-19)35-23-5-2-14-30-18-23/h2,5-14,16,18,22,25,31-32H,3-4,15,17H2,1H3/b13-7+. The van der Waals surface area contributed by atoms with Gasteiger partial charge in [0.15, 0.2) is 11.6 Å². The molecule has 2 aromatic carbocycles. The van der Waals surface area contributed by atoms with Gasteiger partial charge in [0, 0.05) is 37.9 Å². The van der Waals surface area contributed by atoms with Gasteiger partial charge in [-0.1, -0.05) is 18.2 Å². The molecule has 2 heterocycles. The Morgan fingerprint density at radius 1 is 1.17 bits per heavy atom. The van der Waals surface area contributed by atoms with Crippen molar-refractivity contribution in [3.8, 4) is 11.5 Å². The molecule has 1 fully saturated rings. The number of aromatic nitrogens is 1. The Hall–Kier alpha value is -3.62. The fourth-order valence-corrected chi connectivity index (χ4v) is 3.94. The molecule has 0 spiro atoms. The lowest BCUT2D eigenvalue weighted by Crippen LogP contribution is -2.32. The summed E-state index contributed by atoms with van der Waals surface area (Å²) in [6, 6.07) is 14.9. The average Bonchev–Trinajstić information content (AvgIpc) is 3.34. The second-order valence-electron chi connectivity index (χ2n) is 8.54. The molecule has 2 atom stereocenters. The molecular weight excluding hydrogens is 450 g/mol. The molecule has 6 nitrogen and oxygen atoms in total. The number of benzene rings is 2. The molecular formula is C27H28F2N4O2. The van der Waals surface area contributed by atoms with Crippen LogP contribution in [0.3, 0.4) is 0 Å². The van der Waals surface area contributed by atoms with Crippen LogP contribution < -0.4 is 15.6 Å². The lowest BCUT2D eigenvalue weighted by atomic mass is 9.99. The normalized spacial score (nSPS) is 17.6. The first-order chi connectivity index (χ1) is 17.0. The molecule has 0 aliphatic carbocycles. The lowest BCUT2D eigenvalue weighted by molar-refractivity contribution is -0.124. The van der Waals surface area contributed by atoms with Gasteiger partial charge in [-0.2, -0.15) is 0 Å². The summed E-state index contributed by atoms with van der Waals surface area (Å²) < 4.78 is 33.0. The van der Waals surface area contributed by atoms with Crippen molar-refractivity contribution >= 4 is 12.0 Å². The molecule has 0 saturated carbocycles. The van der Waals surface area contributed by atoms with E-state index in [4.69, 9.17) is 4.74 Å². The second-order valence-corrected chi connectivity index (χ2v) is 8.54. The van der Waals surface area contributed by atoms with Crippen LogP contribution in [0.5, 0.6) is 11.5 Å². The van der Waals surface area contributed by atoms with Gasteiger partial charge in [-0.05, 0) is 72.9 Å². The summed E-state index contributed by atoms with van der Waals surface area (Å²) in [6.07, 6.45) is 8.78. The number of pyridine rings is 1. The molecule has 0 radical (unpaired) electrons. The highest BCUT2D eigenvalue weighted by Crippen LogP contribution is 2.26. The maximum atomic E-state index is 14.4. The number of rotatable bonds is 9. The number of halogens is 2. The smallest absolute Gasteiger partial charge is 0.246 e. The Labute approximate surface area is 203 Å². The zero-order valence-corrected chi connectivity index (χ0v) is 19.5. The van der Waals surface area contributed by atoms with E-state index in [1.165, 1.54) is 36.5 Å². The molecule has 182 valence electrons. The fraction of sp³-hybridized carbons (Fsp3) is 0.259. The molecule has 4 rings (SSSR count). The number of hydrogen-bond acceptors (Lipinski definition) is 5. The van der Waals surface area contributed by atoms with Gasteiger partial charge >= 0.3 is 0 Å². The predicted octanol–water partition coefficient (Wildman–Crippen LogP) is 5.01. The van der Waals surface area contributed by atoms with E-state index in [0.29, 0.717) is 17.9 Å². The van der Waals surface area contributed by atoms with E-state index in [1.54, 1.807) is 54.6 Å². The quantitative estimate of drug-likeness (QED) is 0.423. The SMILES string of the molecule is CN(CCCC1CC(c2ccc(F)cc2)NN1)C(=O)/C=C/c1ccc(Oc2cccnc2)c(F)c1. The van der Waals surface area contributed by atoms with Crippen LogP contribution in [0.25, 0.3) is 6.08 Å². The molecule has 8 heteroatoms. The number of likely N-dealkylation sites (N-methyl/N-ethyl adjacent to an activating group) is 1. The van der Waals surface area contributed by atoms with Crippen LogP contribution in [0.4, 0.5) is 8.78 Å². The Balaban J connectivity index is 1.21. The van der Waals surface area contributed by atoms with E-state index < -0.39 is 5.82 Å². The van der Waals surface area contributed by atoms with Crippen molar-refractivity contribution in [2.45, 2.75) is 31.3 Å².